The van der Waals surface area contributed by atoms with E-state index in [0.717, 1.165) is 67.9 Å². The van der Waals surface area contributed by atoms with Gasteiger partial charge in [-0.3, -0.25) is 4.90 Å². The number of carbonyl (C=O) groups is 1. The summed E-state index contributed by atoms with van der Waals surface area (Å²) in [5.74, 6) is 1.60. The lowest BCUT2D eigenvalue weighted by Gasteiger charge is -2.29. The van der Waals surface area contributed by atoms with E-state index < -0.39 is 0 Å². The molecule has 0 spiro atoms. The van der Waals surface area contributed by atoms with E-state index in [9.17, 15) is 4.79 Å². The van der Waals surface area contributed by atoms with Gasteiger partial charge in [0, 0.05) is 55.9 Å². The lowest BCUT2D eigenvalue weighted by Crippen LogP contribution is -2.37. The third-order valence-corrected chi connectivity index (χ3v) is 7.12. The molecule has 0 radical (unpaired) electrons. The molecule has 0 aliphatic carbocycles. The number of carbonyl (C=O) groups excluding carboxylic acids is 1. The highest BCUT2D eigenvalue weighted by atomic mass is 32.2. The highest BCUT2D eigenvalue weighted by Gasteiger charge is 2.18. The van der Waals surface area contributed by atoms with Crippen LogP contribution in [0.2, 0.25) is 0 Å². The summed E-state index contributed by atoms with van der Waals surface area (Å²) in [5, 5.41) is 5.79. The fourth-order valence-corrected chi connectivity index (χ4v) is 4.87. The first kappa shape index (κ1) is 25.5. The molecule has 0 bridgehead atoms. The summed E-state index contributed by atoms with van der Waals surface area (Å²) in [5.41, 5.74) is 3.55. The lowest BCUT2D eigenvalue weighted by molar-refractivity contribution is 0.0342. The van der Waals surface area contributed by atoms with Crippen molar-refractivity contribution in [1.82, 2.24) is 14.9 Å². The molecule has 2 aliphatic heterocycles. The molecule has 0 saturated carbocycles. The zero-order valence-electron chi connectivity index (χ0n) is 21.0. The minimum absolute atomic E-state index is 0.288. The Balaban J connectivity index is 1.18. The van der Waals surface area contributed by atoms with E-state index in [-0.39, 0.29) is 6.03 Å². The summed E-state index contributed by atoms with van der Waals surface area (Å²) in [7, 11) is 0. The Kier molecular flexibility index (Phi) is 8.52. The Morgan fingerprint density at radius 1 is 0.892 bits per heavy atom. The summed E-state index contributed by atoms with van der Waals surface area (Å²) >= 11 is 1.64. The molecule has 2 saturated heterocycles. The third-order valence-electron chi connectivity index (χ3n) is 6.39. The quantitative estimate of drug-likeness (QED) is 0.449. The molecule has 0 atom stereocenters. The predicted octanol–water partition coefficient (Wildman–Crippen LogP) is 4.18. The summed E-state index contributed by atoms with van der Waals surface area (Å²) in [6.07, 6.45) is 3.91. The van der Waals surface area contributed by atoms with Crippen molar-refractivity contribution >= 4 is 35.0 Å². The Hall–Kier alpha value is -3.18. The number of nitrogens with zero attached hydrogens (tertiary/aromatic N) is 4. The van der Waals surface area contributed by atoms with Crippen LogP contribution in [0.5, 0.6) is 0 Å². The van der Waals surface area contributed by atoms with Crippen molar-refractivity contribution in [3.63, 3.8) is 0 Å². The maximum absolute atomic E-state index is 12.5. The number of hydrogen-bond donors (Lipinski definition) is 2. The van der Waals surface area contributed by atoms with Crippen molar-refractivity contribution in [2.24, 2.45) is 0 Å². The monoisotopic (exact) mass is 520 g/mol. The van der Waals surface area contributed by atoms with Gasteiger partial charge in [-0.1, -0.05) is 12.1 Å². The molecule has 3 aromatic rings. The number of morpholine rings is 2. The second-order valence-electron chi connectivity index (χ2n) is 8.93. The first-order valence-electron chi connectivity index (χ1n) is 12.5. The number of hydrogen-bond acceptors (Lipinski definition) is 8. The smallest absolute Gasteiger partial charge is 0.323 e. The molecule has 3 heterocycles. The van der Waals surface area contributed by atoms with Crippen LogP contribution in [-0.2, 0) is 16.0 Å². The van der Waals surface area contributed by atoms with E-state index in [1.54, 1.807) is 11.8 Å². The van der Waals surface area contributed by atoms with Crippen LogP contribution in [0.1, 0.15) is 5.56 Å². The van der Waals surface area contributed by atoms with Gasteiger partial charge in [0.25, 0.3) is 0 Å². The summed E-state index contributed by atoms with van der Waals surface area (Å²) in [6.45, 7) is 7.40. The fourth-order valence-electron chi connectivity index (χ4n) is 4.35. The normalized spacial score (nSPS) is 16.4. The van der Waals surface area contributed by atoms with Gasteiger partial charge in [0.2, 0.25) is 0 Å². The van der Waals surface area contributed by atoms with Crippen molar-refractivity contribution in [2.45, 2.75) is 11.4 Å². The molecule has 2 N–H and O–H groups in total. The van der Waals surface area contributed by atoms with Crippen LogP contribution in [0.15, 0.2) is 59.6 Å². The van der Waals surface area contributed by atoms with Crippen LogP contribution in [0, 0.1) is 0 Å². The van der Waals surface area contributed by atoms with Crippen molar-refractivity contribution in [3.8, 4) is 11.4 Å². The lowest BCUT2D eigenvalue weighted by atomic mass is 10.2. The average molecular weight is 521 g/mol. The summed E-state index contributed by atoms with van der Waals surface area (Å²) in [6, 6.07) is 15.2. The molecule has 2 amide bonds. The van der Waals surface area contributed by atoms with E-state index in [4.69, 9.17) is 14.5 Å². The minimum Gasteiger partial charge on any atom is -0.379 e. The number of thioether (sulfide) groups is 1. The predicted molar refractivity (Wildman–Crippen MR) is 147 cm³/mol. The van der Waals surface area contributed by atoms with Gasteiger partial charge < -0.3 is 25.0 Å². The highest BCUT2D eigenvalue weighted by Crippen LogP contribution is 2.29. The second-order valence-corrected chi connectivity index (χ2v) is 9.78. The topological polar surface area (TPSA) is 91.9 Å². The van der Waals surface area contributed by atoms with Crippen molar-refractivity contribution in [1.29, 1.82) is 0 Å². The third kappa shape index (κ3) is 6.78. The number of amides is 2. The van der Waals surface area contributed by atoms with Gasteiger partial charge in [0.15, 0.2) is 5.82 Å². The molecule has 194 valence electrons. The fraction of sp³-hybridized carbons (Fsp3) is 0.370. The molecule has 9 nitrogen and oxygen atoms in total. The van der Waals surface area contributed by atoms with Gasteiger partial charge in [-0.2, -0.15) is 0 Å². The van der Waals surface area contributed by atoms with Crippen molar-refractivity contribution < 1.29 is 14.3 Å². The molecule has 2 fully saturated rings. The van der Waals surface area contributed by atoms with E-state index in [2.05, 4.69) is 25.4 Å². The van der Waals surface area contributed by atoms with Gasteiger partial charge in [-0.05, 0) is 48.2 Å². The zero-order chi connectivity index (χ0) is 25.5. The molecular weight excluding hydrogens is 488 g/mol. The van der Waals surface area contributed by atoms with Gasteiger partial charge in [-0.25, -0.2) is 14.8 Å². The van der Waals surface area contributed by atoms with Crippen LogP contribution in [0.4, 0.5) is 22.0 Å². The minimum atomic E-state index is -0.288. The number of urea groups is 1. The van der Waals surface area contributed by atoms with Crippen LogP contribution in [0.25, 0.3) is 11.4 Å². The van der Waals surface area contributed by atoms with E-state index in [0.29, 0.717) is 24.7 Å². The van der Waals surface area contributed by atoms with Crippen LogP contribution >= 0.6 is 11.8 Å². The molecule has 2 aliphatic rings. The molecule has 5 rings (SSSR count). The number of nitrogens with one attached hydrogen (secondary N) is 2. The van der Waals surface area contributed by atoms with Gasteiger partial charge in [-0.15, -0.1) is 11.8 Å². The first-order valence-corrected chi connectivity index (χ1v) is 13.7. The molecule has 37 heavy (non-hydrogen) atoms. The van der Waals surface area contributed by atoms with E-state index in [1.165, 1.54) is 5.56 Å². The Bertz CT molecular complexity index is 1180. The first-order chi connectivity index (χ1) is 18.2. The molecule has 1 aromatic heterocycles. The maximum atomic E-state index is 12.5. The Labute approximate surface area is 221 Å². The maximum Gasteiger partial charge on any atom is 0.323 e. The molecular formula is C27H32N6O3S. The molecule has 2 aromatic carbocycles. The number of aromatic nitrogens is 2. The second kappa shape index (κ2) is 12.4. The van der Waals surface area contributed by atoms with Gasteiger partial charge in [0.05, 0.1) is 31.3 Å². The standard InChI is InChI=1S/C27H32N6O3S/c1-37-24-18-28-25(31-26(24)33-12-16-36-17-13-33)21-4-8-23(9-5-21)30-27(34)29-22-6-2-20(3-7-22)19-32-10-14-35-15-11-32/h2-9,18H,10-17,19H2,1H3,(H2,29,30,34). The number of benzene rings is 2. The van der Waals surface area contributed by atoms with Crippen molar-refractivity contribution in [2.75, 3.05) is 74.4 Å². The van der Waals surface area contributed by atoms with E-state index in [1.807, 2.05) is 61.0 Å². The number of ether oxygens (including phenoxy) is 2. The van der Waals surface area contributed by atoms with Crippen LogP contribution in [-0.4, -0.2) is 79.8 Å². The van der Waals surface area contributed by atoms with E-state index >= 15 is 0 Å². The summed E-state index contributed by atoms with van der Waals surface area (Å²) in [4.78, 5) is 27.6. The van der Waals surface area contributed by atoms with Gasteiger partial charge >= 0.3 is 6.03 Å². The Morgan fingerprint density at radius 2 is 1.49 bits per heavy atom. The SMILES string of the molecule is CSc1cnc(-c2ccc(NC(=O)Nc3ccc(CN4CCOCC4)cc3)cc2)nc1N1CCOCC1. The Morgan fingerprint density at radius 3 is 2.11 bits per heavy atom. The van der Waals surface area contributed by atoms with Gasteiger partial charge in [0.1, 0.15) is 5.82 Å². The average Bonchev–Trinajstić information content (AvgIpc) is 2.95. The van der Waals surface area contributed by atoms with Crippen LogP contribution in [0.3, 0.4) is 0 Å². The van der Waals surface area contributed by atoms with Crippen LogP contribution < -0.4 is 15.5 Å². The zero-order valence-corrected chi connectivity index (χ0v) is 21.8. The summed E-state index contributed by atoms with van der Waals surface area (Å²) < 4.78 is 10.9. The largest absolute Gasteiger partial charge is 0.379 e. The molecule has 0 unspecified atom stereocenters. The van der Waals surface area contributed by atoms with Crippen molar-refractivity contribution in [3.05, 3.63) is 60.3 Å². The number of rotatable bonds is 7. The number of anilines is 3. The molecule has 10 heteroatoms. The highest BCUT2D eigenvalue weighted by molar-refractivity contribution is 7.98.